The second-order valence-corrected chi connectivity index (χ2v) is 12.3. The largest absolute Gasteiger partial charge is 0.497 e. The summed E-state index contributed by atoms with van der Waals surface area (Å²) in [6, 6.07) is 30.3. The topological polar surface area (TPSA) is 96.0 Å². The lowest BCUT2D eigenvalue weighted by molar-refractivity contribution is -0.139. The number of sulfonamides is 1. The maximum atomic E-state index is 14.3. The minimum atomic E-state index is -4.15. The van der Waals surface area contributed by atoms with Crippen LogP contribution in [0.1, 0.15) is 11.1 Å². The van der Waals surface area contributed by atoms with Gasteiger partial charge >= 0.3 is 0 Å². The van der Waals surface area contributed by atoms with Crippen molar-refractivity contribution in [3.8, 4) is 5.75 Å². The van der Waals surface area contributed by atoms with Gasteiger partial charge in [0, 0.05) is 24.5 Å². The molecule has 0 bridgehead atoms. The molecule has 0 aromatic heterocycles. The van der Waals surface area contributed by atoms with Crippen molar-refractivity contribution in [3.05, 3.63) is 125 Å². The van der Waals surface area contributed by atoms with Gasteiger partial charge in [0.15, 0.2) is 0 Å². The number of hydrogen-bond acceptors (Lipinski definition) is 5. The summed E-state index contributed by atoms with van der Waals surface area (Å²) in [7, 11) is -1.12. The van der Waals surface area contributed by atoms with Gasteiger partial charge in [0.25, 0.3) is 10.0 Å². The van der Waals surface area contributed by atoms with Gasteiger partial charge in [-0.25, -0.2) is 8.42 Å². The fourth-order valence-corrected chi connectivity index (χ4v) is 6.20. The van der Waals surface area contributed by atoms with Gasteiger partial charge in [0.1, 0.15) is 18.3 Å². The van der Waals surface area contributed by atoms with E-state index in [0.29, 0.717) is 5.75 Å². The van der Waals surface area contributed by atoms with E-state index in [1.165, 1.54) is 31.2 Å². The molecule has 218 valence electrons. The Kier molecular flexibility index (Phi) is 10.4. The van der Waals surface area contributed by atoms with E-state index in [9.17, 15) is 18.0 Å². The average Bonchev–Trinajstić information content (AvgIpc) is 3.03. The molecule has 4 rings (SSSR count). The number of carbonyl (C=O) groups excluding carboxylic acids is 2. The Labute approximate surface area is 255 Å². The summed E-state index contributed by atoms with van der Waals surface area (Å²) >= 11 is 3.43. The predicted octanol–water partition coefficient (Wildman–Crippen LogP) is 5.04. The van der Waals surface area contributed by atoms with Crippen molar-refractivity contribution in [2.45, 2.75) is 23.9 Å². The molecule has 0 heterocycles. The van der Waals surface area contributed by atoms with Crippen molar-refractivity contribution in [1.29, 1.82) is 0 Å². The molecule has 0 radical (unpaired) electrons. The van der Waals surface area contributed by atoms with E-state index >= 15 is 0 Å². The number of hydrogen-bond donors (Lipinski definition) is 1. The first kappa shape index (κ1) is 30.8. The smallest absolute Gasteiger partial charge is 0.264 e. The Bertz CT molecular complexity index is 1580. The number of methoxy groups -OCH3 is 1. The first-order valence-corrected chi connectivity index (χ1v) is 15.5. The molecule has 0 saturated heterocycles. The van der Waals surface area contributed by atoms with Gasteiger partial charge in [-0.2, -0.15) is 0 Å². The summed E-state index contributed by atoms with van der Waals surface area (Å²) in [6.45, 7) is -0.429. The minimum absolute atomic E-state index is 0.0419. The summed E-state index contributed by atoms with van der Waals surface area (Å²) in [4.78, 5) is 29.0. The maximum absolute atomic E-state index is 14.3. The molecule has 1 N–H and O–H groups in total. The molecule has 4 aromatic carbocycles. The monoisotopic (exact) mass is 649 g/mol. The first-order chi connectivity index (χ1) is 20.2. The summed E-state index contributed by atoms with van der Waals surface area (Å²) in [5.41, 5.74) is 1.94. The standard InChI is InChI=1S/C32H32BrN3O5S/c1-34-32(38)30(21-24-9-5-3-6-10-24)35(22-25-13-15-26(33)16-14-25)31(37)23-36(27-17-19-28(41-2)20-18-27)42(39,40)29-11-7-4-8-12-29/h3-20,30H,21-23H2,1-2H3,(H,34,38)/t30-/m1/s1. The Hall–Kier alpha value is -4.15. The lowest BCUT2D eigenvalue weighted by Gasteiger charge is -2.33. The summed E-state index contributed by atoms with van der Waals surface area (Å²) < 4.78 is 35.1. The number of nitrogens with zero attached hydrogens (tertiary/aromatic N) is 2. The Morgan fingerprint density at radius 3 is 2.00 bits per heavy atom. The molecule has 0 saturated carbocycles. The highest BCUT2D eigenvalue weighted by Gasteiger charge is 2.34. The molecule has 4 aromatic rings. The Balaban J connectivity index is 1.77. The van der Waals surface area contributed by atoms with Crippen molar-refractivity contribution in [3.63, 3.8) is 0 Å². The number of benzene rings is 4. The van der Waals surface area contributed by atoms with Crippen LogP contribution in [0, 0.1) is 0 Å². The highest BCUT2D eigenvalue weighted by Crippen LogP contribution is 2.27. The molecule has 0 aliphatic rings. The van der Waals surface area contributed by atoms with Crippen LogP contribution >= 0.6 is 15.9 Å². The van der Waals surface area contributed by atoms with Crippen LogP contribution in [0.15, 0.2) is 119 Å². The van der Waals surface area contributed by atoms with Crippen molar-refractivity contribution in [1.82, 2.24) is 10.2 Å². The van der Waals surface area contributed by atoms with Gasteiger partial charge in [-0.05, 0) is 59.7 Å². The molecule has 0 spiro atoms. The summed E-state index contributed by atoms with van der Waals surface area (Å²) in [5.74, 6) is -0.342. The predicted molar refractivity (Wildman–Crippen MR) is 167 cm³/mol. The number of rotatable bonds is 12. The van der Waals surface area contributed by atoms with Crippen LogP contribution in [-0.4, -0.2) is 51.9 Å². The van der Waals surface area contributed by atoms with E-state index < -0.39 is 28.5 Å². The van der Waals surface area contributed by atoms with Crippen LogP contribution in [0.25, 0.3) is 0 Å². The Morgan fingerprint density at radius 1 is 0.833 bits per heavy atom. The molecule has 0 fully saturated rings. The van der Waals surface area contributed by atoms with Gasteiger partial charge in [-0.15, -0.1) is 0 Å². The third-order valence-electron chi connectivity index (χ3n) is 6.75. The fraction of sp³-hybridized carbons (Fsp3) is 0.188. The summed E-state index contributed by atoms with van der Waals surface area (Å²) in [6.07, 6.45) is 0.247. The number of ether oxygens (including phenoxy) is 1. The zero-order chi connectivity index (χ0) is 30.1. The fourth-order valence-electron chi connectivity index (χ4n) is 4.50. The van der Waals surface area contributed by atoms with Gasteiger partial charge in [0.05, 0.1) is 17.7 Å². The van der Waals surface area contributed by atoms with Crippen LogP contribution < -0.4 is 14.4 Å². The van der Waals surface area contributed by atoms with Crippen LogP contribution in [0.5, 0.6) is 5.75 Å². The molecule has 2 amide bonds. The van der Waals surface area contributed by atoms with E-state index in [2.05, 4.69) is 21.2 Å². The normalized spacial score (nSPS) is 11.8. The molecule has 8 nitrogen and oxygen atoms in total. The second kappa shape index (κ2) is 14.2. The van der Waals surface area contributed by atoms with Crippen molar-refractivity contribution in [2.75, 3.05) is 25.0 Å². The van der Waals surface area contributed by atoms with Crippen molar-refractivity contribution in [2.24, 2.45) is 0 Å². The zero-order valence-electron chi connectivity index (χ0n) is 23.3. The van der Waals surface area contributed by atoms with Crippen LogP contribution in [0.4, 0.5) is 5.69 Å². The van der Waals surface area contributed by atoms with E-state index in [1.54, 1.807) is 42.5 Å². The number of carbonyl (C=O) groups is 2. The van der Waals surface area contributed by atoms with Crippen molar-refractivity contribution < 1.29 is 22.7 Å². The third kappa shape index (κ3) is 7.57. The highest BCUT2D eigenvalue weighted by molar-refractivity contribution is 9.10. The van der Waals surface area contributed by atoms with Crippen molar-refractivity contribution >= 4 is 43.5 Å². The lowest BCUT2D eigenvalue weighted by atomic mass is 10.0. The van der Waals surface area contributed by atoms with Crippen LogP contribution in [0.3, 0.4) is 0 Å². The minimum Gasteiger partial charge on any atom is -0.497 e. The molecule has 0 unspecified atom stereocenters. The van der Waals surface area contributed by atoms with Gasteiger partial charge < -0.3 is 15.0 Å². The summed E-state index contributed by atoms with van der Waals surface area (Å²) in [5, 5.41) is 2.68. The average molecular weight is 651 g/mol. The number of nitrogens with one attached hydrogen (secondary N) is 1. The number of likely N-dealkylation sites (N-methyl/N-ethyl adjacent to an activating group) is 1. The van der Waals surface area contributed by atoms with Gasteiger partial charge in [-0.1, -0.05) is 76.6 Å². The molecule has 0 aliphatic heterocycles. The zero-order valence-corrected chi connectivity index (χ0v) is 25.7. The van der Waals surface area contributed by atoms with Gasteiger partial charge in [0.2, 0.25) is 11.8 Å². The van der Waals surface area contributed by atoms with Crippen LogP contribution in [-0.2, 0) is 32.6 Å². The lowest BCUT2D eigenvalue weighted by Crippen LogP contribution is -2.53. The number of halogens is 1. The number of anilines is 1. The SMILES string of the molecule is CNC(=O)[C@@H](Cc1ccccc1)N(Cc1ccc(Br)cc1)C(=O)CN(c1ccc(OC)cc1)S(=O)(=O)c1ccccc1. The second-order valence-electron chi connectivity index (χ2n) is 9.49. The van der Waals surface area contributed by atoms with E-state index in [4.69, 9.17) is 4.74 Å². The highest BCUT2D eigenvalue weighted by atomic mass is 79.9. The van der Waals surface area contributed by atoms with E-state index in [1.807, 2.05) is 54.6 Å². The Morgan fingerprint density at radius 2 is 1.43 bits per heavy atom. The molecule has 42 heavy (non-hydrogen) atoms. The molecular weight excluding hydrogens is 618 g/mol. The van der Waals surface area contributed by atoms with Gasteiger partial charge in [-0.3, -0.25) is 13.9 Å². The number of amides is 2. The quantitative estimate of drug-likeness (QED) is 0.232. The van der Waals surface area contributed by atoms with E-state index in [0.717, 1.165) is 19.9 Å². The van der Waals surface area contributed by atoms with E-state index in [-0.39, 0.29) is 29.5 Å². The molecular formula is C32H32BrN3O5S. The third-order valence-corrected chi connectivity index (χ3v) is 9.07. The molecule has 1 atom stereocenters. The van der Waals surface area contributed by atoms with Crippen LogP contribution in [0.2, 0.25) is 0 Å². The molecule has 10 heteroatoms. The maximum Gasteiger partial charge on any atom is 0.264 e. The first-order valence-electron chi connectivity index (χ1n) is 13.2. The molecule has 0 aliphatic carbocycles.